The second kappa shape index (κ2) is 8.39. The monoisotopic (exact) mass is 406 g/mol. The summed E-state index contributed by atoms with van der Waals surface area (Å²) in [4.78, 5) is 27.1. The molecule has 3 rings (SSSR count). The Morgan fingerprint density at radius 1 is 1.29 bits per heavy atom. The molecule has 2 N–H and O–H groups in total. The number of nitrogens with one attached hydrogen (secondary N) is 1. The van der Waals surface area contributed by atoms with Gasteiger partial charge in [-0.2, -0.15) is 0 Å². The molecule has 0 aliphatic rings. The molecule has 0 saturated carbocycles. The predicted molar refractivity (Wildman–Crippen MR) is 93.0 cm³/mol. The molecule has 2 aromatic heterocycles. The second-order valence-corrected chi connectivity index (χ2v) is 5.78. The van der Waals surface area contributed by atoms with E-state index in [2.05, 4.69) is 25.7 Å². The summed E-state index contributed by atoms with van der Waals surface area (Å²) >= 11 is 5.64. The van der Waals surface area contributed by atoms with E-state index in [0.717, 1.165) is 10.9 Å². The van der Waals surface area contributed by atoms with Gasteiger partial charge in [-0.1, -0.05) is 11.6 Å². The molecule has 0 radical (unpaired) electrons. The average Bonchev–Trinajstić information content (AvgIpc) is 3.14. The predicted octanol–water partition coefficient (Wildman–Crippen LogP) is 1.85. The Morgan fingerprint density at radius 3 is 2.71 bits per heavy atom. The third kappa shape index (κ3) is 4.76. The van der Waals surface area contributed by atoms with Crippen LogP contribution in [0.4, 0.5) is 4.39 Å². The number of halogens is 2. The number of carbonyl (C=O) groups is 2. The number of carboxylic acids is 1. The first-order valence-electron chi connectivity index (χ1n) is 7.82. The summed E-state index contributed by atoms with van der Waals surface area (Å²) in [6.07, 6.45) is 1.04. The van der Waals surface area contributed by atoms with E-state index in [9.17, 15) is 14.0 Å². The van der Waals surface area contributed by atoms with Gasteiger partial charge in [0, 0.05) is 12.7 Å². The number of rotatable bonds is 7. The smallest absolute Gasteiger partial charge is 0.305 e. The SMILES string of the molecule is O=C(O)CCNC(=O)c1nnn(-c2ccc(Oc3ncc(Cl)cc3F)cc2)n1. The molecule has 0 spiro atoms. The molecule has 0 atom stereocenters. The van der Waals surface area contributed by atoms with Gasteiger partial charge >= 0.3 is 5.97 Å². The molecular weight excluding hydrogens is 395 g/mol. The number of tetrazole rings is 1. The number of aliphatic carboxylic acids is 1. The zero-order valence-electron chi connectivity index (χ0n) is 14.0. The number of nitrogens with zero attached hydrogens (tertiary/aromatic N) is 5. The van der Waals surface area contributed by atoms with Crippen LogP contribution >= 0.6 is 11.6 Å². The highest BCUT2D eigenvalue weighted by molar-refractivity contribution is 6.30. The summed E-state index contributed by atoms with van der Waals surface area (Å²) in [7, 11) is 0. The molecule has 2 heterocycles. The summed E-state index contributed by atoms with van der Waals surface area (Å²) in [6, 6.07) is 7.27. The van der Waals surface area contributed by atoms with Gasteiger partial charge in [-0.3, -0.25) is 9.59 Å². The molecule has 1 aromatic carbocycles. The lowest BCUT2D eigenvalue weighted by Gasteiger charge is -2.06. The van der Waals surface area contributed by atoms with Crippen LogP contribution in [0.25, 0.3) is 5.69 Å². The minimum absolute atomic E-state index is 0.0516. The molecule has 10 nitrogen and oxygen atoms in total. The highest BCUT2D eigenvalue weighted by atomic mass is 35.5. The maximum Gasteiger partial charge on any atom is 0.305 e. The third-order valence-electron chi connectivity index (χ3n) is 3.30. The van der Waals surface area contributed by atoms with Crippen LogP contribution in [0, 0.1) is 5.82 Å². The lowest BCUT2D eigenvalue weighted by atomic mass is 10.3. The summed E-state index contributed by atoms with van der Waals surface area (Å²) < 4.78 is 19.1. The molecule has 0 saturated heterocycles. The Hall–Kier alpha value is -3.60. The Kier molecular flexibility index (Phi) is 5.75. The number of hydrogen-bond donors (Lipinski definition) is 2. The number of pyridine rings is 1. The average molecular weight is 407 g/mol. The summed E-state index contributed by atoms with van der Waals surface area (Å²) in [5.74, 6) is -2.50. The molecule has 28 heavy (non-hydrogen) atoms. The van der Waals surface area contributed by atoms with Crippen molar-refractivity contribution in [1.29, 1.82) is 0 Å². The zero-order chi connectivity index (χ0) is 20.1. The van der Waals surface area contributed by atoms with Gasteiger partial charge in [0.15, 0.2) is 5.82 Å². The Morgan fingerprint density at radius 2 is 2.04 bits per heavy atom. The molecule has 0 unspecified atom stereocenters. The van der Waals surface area contributed by atoms with E-state index in [1.807, 2.05) is 0 Å². The van der Waals surface area contributed by atoms with Gasteiger partial charge in [0.25, 0.3) is 17.6 Å². The topological polar surface area (TPSA) is 132 Å². The van der Waals surface area contributed by atoms with Gasteiger partial charge in [0.05, 0.1) is 17.1 Å². The van der Waals surface area contributed by atoms with Gasteiger partial charge in [0.1, 0.15) is 5.75 Å². The lowest BCUT2D eigenvalue weighted by Crippen LogP contribution is -2.27. The standard InChI is InChI=1S/C16H12ClFN6O4/c17-9-7-12(18)16(20-8-9)28-11-3-1-10(2-4-11)24-22-14(21-23-24)15(27)19-6-5-13(25)26/h1-4,7-8H,5-6H2,(H,19,27)(H,25,26). The second-order valence-electron chi connectivity index (χ2n) is 5.34. The fraction of sp³-hybridized carbons (Fsp3) is 0.125. The molecule has 1 amide bonds. The lowest BCUT2D eigenvalue weighted by molar-refractivity contribution is -0.136. The largest absolute Gasteiger partial charge is 0.481 e. The number of carboxylic acid groups (broad SMARTS) is 1. The molecule has 0 bridgehead atoms. The highest BCUT2D eigenvalue weighted by Crippen LogP contribution is 2.24. The van der Waals surface area contributed by atoms with Gasteiger partial charge in [-0.25, -0.2) is 9.37 Å². The van der Waals surface area contributed by atoms with Gasteiger partial charge in [-0.15, -0.1) is 15.0 Å². The van der Waals surface area contributed by atoms with E-state index >= 15 is 0 Å². The molecule has 144 valence electrons. The fourth-order valence-electron chi connectivity index (χ4n) is 2.01. The minimum Gasteiger partial charge on any atom is -0.481 e. The van der Waals surface area contributed by atoms with Crippen molar-refractivity contribution in [2.75, 3.05) is 6.54 Å². The van der Waals surface area contributed by atoms with Crippen LogP contribution in [0.1, 0.15) is 17.0 Å². The number of amides is 1. The first-order valence-corrected chi connectivity index (χ1v) is 8.19. The highest BCUT2D eigenvalue weighted by Gasteiger charge is 2.14. The maximum absolute atomic E-state index is 13.7. The van der Waals surface area contributed by atoms with Crippen LogP contribution in [0.3, 0.4) is 0 Å². The van der Waals surface area contributed by atoms with Crippen LogP contribution in [0.2, 0.25) is 5.02 Å². The van der Waals surface area contributed by atoms with Crippen molar-refractivity contribution < 1.29 is 23.8 Å². The van der Waals surface area contributed by atoms with Crippen molar-refractivity contribution in [2.24, 2.45) is 0 Å². The van der Waals surface area contributed by atoms with E-state index < -0.39 is 17.7 Å². The molecule has 0 aliphatic carbocycles. The maximum atomic E-state index is 13.7. The summed E-state index contributed by atoms with van der Waals surface area (Å²) in [5, 5.41) is 22.4. The van der Waals surface area contributed by atoms with Crippen LogP contribution < -0.4 is 10.1 Å². The zero-order valence-corrected chi connectivity index (χ0v) is 14.8. The van der Waals surface area contributed by atoms with Crippen LogP contribution in [0.15, 0.2) is 36.5 Å². The molecule has 0 aliphatic heterocycles. The Balaban J connectivity index is 1.66. The normalized spacial score (nSPS) is 10.5. The first kappa shape index (κ1) is 19.2. The van der Waals surface area contributed by atoms with Gasteiger partial charge in [0.2, 0.25) is 0 Å². The van der Waals surface area contributed by atoms with Crippen molar-refractivity contribution in [2.45, 2.75) is 6.42 Å². The van der Waals surface area contributed by atoms with E-state index in [-0.39, 0.29) is 29.7 Å². The first-order chi connectivity index (χ1) is 13.4. The summed E-state index contributed by atoms with van der Waals surface area (Å²) in [6.45, 7) is -0.0516. The number of benzene rings is 1. The fourth-order valence-corrected chi connectivity index (χ4v) is 2.16. The van der Waals surface area contributed by atoms with Crippen LogP contribution in [-0.4, -0.2) is 48.7 Å². The van der Waals surface area contributed by atoms with E-state index in [0.29, 0.717) is 11.4 Å². The van der Waals surface area contributed by atoms with Crippen LogP contribution in [-0.2, 0) is 4.79 Å². The third-order valence-corrected chi connectivity index (χ3v) is 3.50. The Bertz CT molecular complexity index is 1010. The molecule has 3 aromatic rings. The van der Waals surface area contributed by atoms with Crippen LogP contribution in [0.5, 0.6) is 11.6 Å². The number of aromatic nitrogens is 5. The molecular formula is C16H12ClFN6O4. The van der Waals surface area contributed by atoms with E-state index in [1.54, 1.807) is 12.1 Å². The summed E-state index contributed by atoms with van der Waals surface area (Å²) in [5.41, 5.74) is 0.467. The van der Waals surface area contributed by atoms with Crippen molar-refractivity contribution in [3.8, 4) is 17.3 Å². The van der Waals surface area contributed by atoms with Gasteiger partial charge in [-0.05, 0) is 35.5 Å². The van der Waals surface area contributed by atoms with E-state index in [4.69, 9.17) is 21.4 Å². The quantitative estimate of drug-likeness (QED) is 0.607. The minimum atomic E-state index is -1.03. The number of ether oxygens (including phenoxy) is 1. The van der Waals surface area contributed by atoms with Crippen molar-refractivity contribution in [3.05, 3.63) is 53.2 Å². The molecule has 0 fully saturated rings. The van der Waals surface area contributed by atoms with E-state index in [1.165, 1.54) is 18.3 Å². The van der Waals surface area contributed by atoms with Crippen molar-refractivity contribution in [3.63, 3.8) is 0 Å². The number of hydrogen-bond acceptors (Lipinski definition) is 7. The van der Waals surface area contributed by atoms with Crippen molar-refractivity contribution >= 4 is 23.5 Å². The Labute approximate surface area is 161 Å². The van der Waals surface area contributed by atoms with Gasteiger partial charge < -0.3 is 15.2 Å². The molecule has 12 heteroatoms. The van der Waals surface area contributed by atoms with Crippen molar-refractivity contribution in [1.82, 2.24) is 30.5 Å². The number of carbonyl (C=O) groups excluding carboxylic acids is 1.